The van der Waals surface area contributed by atoms with Crippen molar-refractivity contribution in [3.63, 3.8) is 0 Å². The highest BCUT2D eigenvalue weighted by Crippen LogP contribution is 2.22. The Bertz CT molecular complexity index is 269. The molecule has 0 aromatic carbocycles. The fourth-order valence-electron chi connectivity index (χ4n) is 1.95. The molecule has 0 aliphatic carbocycles. The van der Waals surface area contributed by atoms with Crippen molar-refractivity contribution in [3.8, 4) is 0 Å². The van der Waals surface area contributed by atoms with E-state index < -0.39 is 5.60 Å². The average molecular weight is 228 g/mol. The molecule has 1 fully saturated rings. The van der Waals surface area contributed by atoms with Crippen LogP contribution in [0.2, 0.25) is 0 Å². The van der Waals surface area contributed by atoms with Crippen LogP contribution in [0.25, 0.3) is 0 Å². The molecule has 0 aromatic heterocycles. The lowest BCUT2D eigenvalue weighted by Gasteiger charge is -2.28. The van der Waals surface area contributed by atoms with E-state index in [2.05, 4.69) is 5.32 Å². The van der Waals surface area contributed by atoms with Gasteiger partial charge in [-0.3, -0.25) is 9.69 Å². The molecule has 16 heavy (non-hydrogen) atoms. The van der Waals surface area contributed by atoms with Gasteiger partial charge in [0.25, 0.3) is 0 Å². The van der Waals surface area contributed by atoms with Crippen LogP contribution in [0, 0.1) is 0 Å². The second-order valence-corrected chi connectivity index (χ2v) is 6.13. The molecule has 2 atom stereocenters. The van der Waals surface area contributed by atoms with Crippen molar-refractivity contribution in [3.05, 3.63) is 0 Å². The molecule has 0 saturated carbocycles. The zero-order valence-corrected chi connectivity index (χ0v) is 11.0. The van der Waals surface area contributed by atoms with Crippen LogP contribution in [-0.4, -0.2) is 46.2 Å². The Morgan fingerprint density at radius 2 is 2.06 bits per heavy atom. The van der Waals surface area contributed by atoms with E-state index in [4.69, 9.17) is 0 Å². The fraction of sp³-hybridized carbons (Fsp3) is 0.917. The predicted octanol–water partition coefficient (Wildman–Crippen LogP) is 0.746. The molecule has 1 amide bonds. The third-order valence-electron chi connectivity index (χ3n) is 2.91. The maximum Gasteiger partial charge on any atom is 0.237 e. The van der Waals surface area contributed by atoms with Gasteiger partial charge >= 0.3 is 0 Å². The van der Waals surface area contributed by atoms with Crippen molar-refractivity contribution >= 4 is 5.91 Å². The summed E-state index contributed by atoms with van der Waals surface area (Å²) >= 11 is 0. The summed E-state index contributed by atoms with van der Waals surface area (Å²) in [7, 11) is 0. The van der Waals surface area contributed by atoms with Crippen LogP contribution < -0.4 is 5.32 Å². The van der Waals surface area contributed by atoms with Crippen molar-refractivity contribution in [1.29, 1.82) is 0 Å². The number of hydrogen-bond acceptors (Lipinski definition) is 3. The smallest absolute Gasteiger partial charge is 0.237 e. The van der Waals surface area contributed by atoms with Crippen LogP contribution >= 0.6 is 0 Å². The first-order valence-corrected chi connectivity index (χ1v) is 5.89. The first-order chi connectivity index (χ1) is 7.11. The second kappa shape index (κ2) is 4.34. The molecule has 4 heteroatoms. The maximum absolute atomic E-state index is 11.9. The van der Waals surface area contributed by atoms with Gasteiger partial charge in [-0.15, -0.1) is 0 Å². The zero-order chi connectivity index (χ0) is 12.6. The van der Waals surface area contributed by atoms with Gasteiger partial charge in [0.1, 0.15) is 0 Å². The minimum Gasteiger partial charge on any atom is -0.389 e. The monoisotopic (exact) mass is 228 g/mol. The lowest BCUT2D eigenvalue weighted by Crippen LogP contribution is -2.51. The second-order valence-electron chi connectivity index (χ2n) is 6.13. The minimum absolute atomic E-state index is 0.0326. The van der Waals surface area contributed by atoms with Crippen LogP contribution in [0.3, 0.4) is 0 Å². The molecule has 2 N–H and O–H groups in total. The summed E-state index contributed by atoms with van der Waals surface area (Å²) in [5.74, 6) is 0.0326. The molecule has 1 rings (SSSR count). The van der Waals surface area contributed by atoms with Crippen molar-refractivity contribution in [2.45, 2.75) is 58.2 Å². The Kier molecular flexibility index (Phi) is 3.65. The molecule has 1 heterocycles. The normalized spacial score (nSPS) is 29.1. The predicted molar refractivity (Wildman–Crippen MR) is 64.2 cm³/mol. The minimum atomic E-state index is -0.643. The molecule has 2 unspecified atom stereocenters. The molecular weight excluding hydrogens is 204 g/mol. The van der Waals surface area contributed by atoms with Gasteiger partial charge in [-0.05, 0) is 41.0 Å². The van der Waals surface area contributed by atoms with E-state index in [1.54, 1.807) is 0 Å². The quantitative estimate of drug-likeness (QED) is 0.733. The Balaban J connectivity index is 2.52. The Labute approximate surface area is 98.0 Å². The van der Waals surface area contributed by atoms with E-state index in [1.165, 1.54) is 0 Å². The summed E-state index contributed by atoms with van der Waals surface area (Å²) in [4.78, 5) is 14.0. The van der Waals surface area contributed by atoms with Crippen LogP contribution in [0.5, 0.6) is 0 Å². The van der Waals surface area contributed by atoms with E-state index in [0.717, 1.165) is 13.0 Å². The van der Waals surface area contributed by atoms with E-state index in [9.17, 15) is 9.90 Å². The highest BCUT2D eigenvalue weighted by atomic mass is 16.3. The summed E-state index contributed by atoms with van der Waals surface area (Å²) in [5.41, 5.74) is -0.843. The molecule has 0 spiro atoms. The zero-order valence-electron chi connectivity index (χ0n) is 11.0. The summed E-state index contributed by atoms with van der Waals surface area (Å²) < 4.78 is 0. The topological polar surface area (TPSA) is 52.6 Å². The number of amides is 1. The van der Waals surface area contributed by atoms with Gasteiger partial charge in [-0.2, -0.15) is 0 Å². The van der Waals surface area contributed by atoms with Crippen molar-refractivity contribution in [2.24, 2.45) is 0 Å². The van der Waals surface area contributed by atoms with Gasteiger partial charge in [0.2, 0.25) is 5.91 Å². The van der Waals surface area contributed by atoms with Crippen LogP contribution in [-0.2, 0) is 4.79 Å². The number of rotatable bonds is 2. The number of β-amino-alcohol motifs (C(OH)–C–C–N with tert-alkyl or cyclic N) is 1. The first kappa shape index (κ1) is 13.5. The average Bonchev–Trinajstić information content (AvgIpc) is 2.41. The number of hydrogen-bond donors (Lipinski definition) is 2. The standard InChI is InChI=1S/C12H24N2O2/c1-9(10(15)13-11(2,3)4)14-7-6-12(5,16)8-14/h9,16H,6-8H2,1-5H3,(H,13,15). The van der Waals surface area contributed by atoms with Crippen LogP contribution in [0.15, 0.2) is 0 Å². The largest absolute Gasteiger partial charge is 0.389 e. The summed E-state index contributed by atoms with van der Waals surface area (Å²) in [6.07, 6.45) is 0.736. The molecule has 4 nitrogen and oxygen atoms in total. The number of carbonyl (C=O) groups excluding carboxylic acids is 1. The van der Waals surface area contributed by atoms with Gasteiger partial charge < -0.3 is 10.4 Å². The maximum atomic E-state index is 11.9. The summed E-state index contributed by atoms with van der Waals surface area (Å²) in [6, 6.07) is -0.173. The SMILES string of the molecule is CC(C(=O)NC(C)(C)C)N1CCC(C)(O)C1. The van der Waals surface area contributed by atoms with Crippen LogP contribution in [0.4, 0.5) is 0 Å². The van der Waals surface area contributed by atoms with E-state index >= 15 is 0 Å². The Morgan fingerprint density at radius 1 is 1.50 bits per heavy atom. The van der Waals surface area contributed by atoms with Crippen molar-refractivity contribution in [1.82, 2.24) is 10.2 Å². The number of likely N-dealkylation sites (tertiary alicyclic amines) is 1. The molecule has 0 aromatic rings. The first-order valence-electron chi connectivity index (χ1n) is 5.89. The van der Waals surface area contributed by atoms with Crippen LogP contribution in [0.1, 0.15) is 41.0 Å². The van der Waals surface area contributed by atoms with E-state index in [0.29, 0.717) is 6.54 Å². The molecule has 1 aliphatic heterocycles. The summed E-state index contributed by atoms with van der Waals surface area (Å²) in [6.45, 7) is 11.0. The molecule has 1 saturated heterocycles. The molecule has 1 aliphatic rings. The molecule has 94 valence electrons. The number of aliphatic hydroxyl groups is 1. The van der Waals surface area contributed by atoms with Gasteiger partial charge in [-0.1, -0.05) is 0 Å². The van der Waals surface area contributed by atoms with Crippen molar-refractivity contribution in [2.75, 3.05) is 13.1 Å². The third-order valence-corrected chi connectivity index (χ3v) is 2.91. The molecular formula is C12H24N2O2. The number of carbonyl (C=O) groups is 1. The van der Waals surface area contributed by atoms with Crippen molar-refractivity contribution < 1.29 is 9.90 Å². The van der Waals surface area contributed by atoms with Gasteiger partial charge in [0.05, 0.1) is 11.6 Å². The highest BCUT2D eigenvalue weighted by Gasteiger charge is 2.36. The Morgan fingerprint density at radius 3 is 2.44 bits per heavy atom. The highest BCUT2D eigenvalue weighted by molar-refractivity contribution is 5.82. The summed E-state index contributed by atoms with van der Waals surface area (Å²) in [5, 5.41) is 12.8. The number of nitrogens with one attached hydrogen (secondary N) is 1. The lowest BCUT2D eigenvalue weighted by atomic mass is 10.1. The van der Waals surface area contributed by atoms with E-state index in [1.807, 2.05) is 39.5 Å². The van der Waals surface area contributed by atoms with Gasteiger partial charge in [-0.25, -0.2) is 0 Å². The van der Waals surface area contributed by atoms with E-state index in [-0.39, 0.29) is 17.5 Å². The molecule has 0 radical (unpaired) electrons. The third kappa shape index (κ3) is 3.76. The number of nitrogens with zero attached hydrogens (tertiary/aromatic N) is 1. The van der Waals surface area contributed by atoms with Gasteiger partial charge in [0, 0.05) is 18.6 Å². The molecule has 0 bridgehead atoms. The Hall–Kier alpha value is -0.610. The fourth-order valence-corrected chi connectivity index (χ4v) is 1.95. The lowest BCUT2D eigenvalue weighted by molar-refractivity contribution is -0.127. The van der Waals surface area contributed by atoms with Gasteiger partial charge in [0.15, 0.2) is 0 Å².